The summed E-state index contributed by atoms with van der Waals surface area (Å²) in [5, 5.41) is 0. The Hall–Kier alpha value is -1.25. The number of imidazole rings is 1. The first kappa shape index (κ1) is 7.40. The van der Waals surface area contributed by atoms with Crippen LogP contribution in [-0.4, -0.2) is 21.5 Å². The van der Waals surface area contributed by atoms with Crippen molar-refractivity contribution < 1.29 is 0 Å². The topological polar surface area (TPSA) is 21.1 Å². The highest BCUT2D eigenvalue weighted by Crippen LogP contribution is 2.20. The van der Waals surface area contributed by atoms with Gasteiger partial charge in [0, 0.05) is 31.2 Å². The maximum Gasteiger partial charge on any atom is 0.138 e. The van der Waals surface area contributed by atoms with E-state index in [2.05, 4.69) is 34.6 Å². The second kappa shape index (κ2) is 2.66. The van der Waals surface area contributed by atoms with Crippen molar-refractivity contribution in [3.63, 3.8) is 0 Å². The Morgan fingerprint density at radius 1 is 1.58 bits per heavy atom. The van der Waals surface area contributed by atoms with Gasteiger partial charge in [-0.25, -0.2) is 4.98 Å². The minimum atomic E-state index is 0.916. The van der Waals surface area contributed by atoms with E-state index >= 15 is 0 Å². The van der Waals surface area contributed by atoms with E-state index in [0.717, 1.165) is 18.9 Å². The van der Waals surface area contributed by atoms with Crippen LogP contribution < -0.4 is 0 Å². The van der Waals surface area contributed by atoms with Crippen molar-refractivity contribution in [2.24, 2.45) is 0 Å². The van der Waals surface area contributed by atoms with E-state index < -0.39 is 0 Å². The summed E-state index contributed by atoms with van der Waals surface area (Å²) in [5.74, 6) is 1.12. The number of allylic oxidation sites excluding steroid dienone is 1. The Morgan fingerprint density at radius 3 is 3.17 bits per heavy atom. The molecule has 1 aromatic rings. The first-order valence-corrected chi connectivity index (χ1v) is 4.23. The summed E-state index contributed by atoms with van der Waals surface area (Å²) in [4.78, 5) is 6.49. The summed E-state index contributed by atoms with van der Waals surface area (Å²) in [5.41, 5.74) is 1.31. The largest absolute Gasteiger partial charge is 0.362 e. The van der Waals surface area contributed by atoms with Crippen LogP contribution in [0.25, 0.3) is 5.57 Å². The van der Waals surface area contributed by atoms with Crippen LogP contribution >= 0.6 is 0 Å². The molecule has 0 unspecified atom stereocenters. The molecule has 0 radical (unpaired) electrons. The van der Waals surface area contributed by atoms with Gasteiger partial charge in [0.2, 0.25) is 0 Å². The average molecular weight is 163 g/mol. The summed E-state index contributed by atoms with van der Waals surface area (Å²) in [7, 11) is 2.08. The van der Waals surface area contributed by atoms with E-state index in [1.54, 1.807) is 0 Å². The molecular weight excluding hydrogens is 150 g/mol. The van der Waals surface area contributed by atoms with E-state index in [-0.39, 0.29) is 0 Å². The van der Waals surface area contributed by atoms with Gasteiger partial charge in [0.15, 0.2) is 0 Å². The summed E-state index contributed by atoms with van der Waals surface area (Å²) >= 11 is 0. The Bertz CT molecular complexity index is 311. The number of hydrogen-bond acceptors (Lipinski definition) is 2. The second-order valence-electron chi connectivity index (χ2n) is 3.13. The van der Waals surface area contributed by atoms with Crippen LogP contribution in [0.1, 0.15) is 19.2 Å². The molecule has 0 spiro atoms. The smallest absolute Gasteiger partial charge is 0.138 e. The number of nitrogens with zero attached hydrogens (tertiary/aromatic N) is 3. The van der Waals surface area contributed by atoms with Gasteiger partial charge in [0.05, 0.1) is 6.67 Å². The fourth-order valence-electron chi connectivity index (χ4n) is 1.56. The molecule has 0 bridgehead atoms. The molecule has 3 heteroatoms. The van der Waals surface area contributed by atoms with Gasteiger partial charge >= 0.3 is 0 Å². The normalized spacial score (nSPS) is 15.8. The zero-order valence-corrected chi connectivity index (χ0v) is 7.49. The van der Waals surface area contributed by atoms with Gasteiger partial charge in [0.25, 0.3) is 0 Å². The van der Waals surface area contributed by atoms with Crippen LogP contribution in [0.5, 0.6) is 0 Å². The van der Waals surface area contributed by atoms with Crippen molar-refractivity contribution in [2.45, 2.75) is 20.0 Å². The lowest BCUT2D eigenvalue weighted by atomic mass is 10.2. The molecule has 1 aromatic heterocycles. The van der Waals surface area contributed by atoms with E-state index in [9.17, 15) is 0 Å². The molecule has 0 aliphatic carbocycles. The van der Waals surface area contributed by atoms with Gasteiger partial charge in [-0.1, -0.05) is 6.92 Å². The van der Waals surface area contributed by atoms with Crippen LogP contribution in [0.15, 0.2) is 18.6 Å². The lowest BCUT2D eigenvalue weighted by Crippen LogP contribution is -2.22. The maximum absolute atomic E-state index is 4.31. The molecule has 12 heavy (non-hydrogen) atoms. The summed E-state index contributed by atoms with van der Waals surface area (Å²) in [6.45, 7) is 3.07. The Balaban J connectivity index is 2.44. The number of hydrogen-bond donors (Lipinski definition) is 0. The molecule has 0 saturated carbocycles. The summed E-state index contributed by atoms with van der Waals surface area (Å²) in [6, 6.07) is 0. The monoisotopic (exact) mass is 163 g/mol. The van der Waals surface area contributed by atoms with E-state index in [1.165, 1.54) is 5.57 Å². The number of fused-ring (bicyclic) bond motifs is 1. The fraction of sp³-hybridized carbons (Fsp3) is 0.444. The Kier molecular flexibility index (Phi) is 1.64. The highest BCUT2D eigenvalue weighted by molar-refractivity contribution is 5.60. The molecule has 64 valence electrons. The molecule has 1 aliphatic rings. The summed E-state index contributed by atoms with van der Waals surface area (Å²) < 4.78 is 2.17. The zero-order chi connectivity index (χ0) is 8.55. The fourth-order valence-corrected chi connectivity index (χ4v) is 1.56. The van der Waals surface area contributed by atoms with Crippen LogP contribution in [0.3, 0.4) is 0 Å². The third-order valence-electron chi connectivity index (χ3n) is 2.14. The highest BCUT2D eigenvalue weighted by atomic mass is 15.3. The van der Waals surface area contributed by atoms with Gasteiger partial charge < -0.3 is 9.47 Å². The average Bonchev–Trinajstić information content (AvgIpc) is 2.50. The standard InChI is InChI=1S/C9H13N3/c1-3-8-6-11(2)7-12-5-4-10-9(8)12/h4-6H,3,7H2,1-2H3. The van der Waals surface area contributed by atoms with Gasteiger partial charge in [0.1, 0.15) is 5.82 Å². The second-order valence-corrected chi connectivity index (χ2v) is 3.13. The van der Waals surface area contributed by atoms with Gasteiger partial charge in [-0.3, -0.25) is 0 Å². The third-order valence-corrected chi connectivity index (χ3v) is 2.14. The highest BCUT2D eigenvalue weighted by Gasteiger charge is 2.13. The first-order chi connectivity index (χ1) is 5.81. The molecule has 0 aromatic carbocycles. The minimum absolute atomic E-state index is 0.916. The van der Waals surface area contributed by atoms with Gasteiger partial charge in [-0.15, -0.1) is 0 Å². The van der Waals surface area contributed by atoms with E-state index in [1.807, 2.05) is 12.4 Å². The SMILES string of the molecule is CCC1=CN(C)Cn2ccnc21. The summed E-state index contributed by atoms with van der Waals surface area (Å²) in [6.07, 6.45) is 7.09. The van der Waals surface area contributed by atoms with Crippen molar-refractivity contribution in [3.05, 3.63) is 24.4 Å². The van der Waals surface area contributed by atoms with E-state index in [4.69, 9.17) is 0 Å². The Morgan fingerprint density at radius 2 is 2.42 bits per heavy atom. The van der Waals surface area contributed by atoms with Crippen molar-refractivity contribution in [3.8, 4) is 0 Å². The third kappa shape index (κ3) is 1.02. The molecule has 3 nitrogen and oxygen atoms in total. The minimum Gasteiger partial charge on any atom is -0.362 e. The molecule has 0 N–H and O–H groups in total. The molecule has 0 saturated heterocycles. The van der Waals surface area contributed by atoms with E-state index in [0.29, 0.717) is 0 Å². The Labute approximate surface area is 72.3 Å². The molecule has 0 amide bonds. The van der Waals surface area contributed by atoms with Crippen LogP contribution in [-0.2, 0) is 6.67 Å². The lowest BCUT2D eigenvalue weighted by Gasteiger charge is -2.23. The predicted molar refractivity (Wildman–Crippen MR) is 48.3 cm³/mol. The molecule has 2 rings (SSSR count). The first-order valence-electron chi connectivity index (χ1n) is 4.23. The maximum atomic E-state index is 4.31. The van der Waals surface area contributed by atoms with Gasteiger partial charge in [-0.05, 0) is 6.42 Å². The van der Waals surface area contributed by atoms with Crippen molar-refractivity contribution in [1.82, 2.24) is 14.5 Å². The molecule has 0 fully saturated rings. The number of aromatic nitrogens is 2. The molecule has 2 heterocycles. The van der Waals surface area contributed by atoms with Crippen LogP contribution in [0.4, 0.5) is 0 Å². The predicted octanol–water partition coefficient (Wildman–Crippen LogP) is 1.54. The van der Waals surface area contributed by atoms with Crippen LogP contribution in [0.2, 0.25) is 0 Å². The lowest BCUT2D eigenvalue weighted by molar-refractivity contribution is 0.352. The quantitative estimate of drug-likeness (QED) is 0.626. The number of rotatable bonds is 1. The molecule has 1 aliphatic heterocycles. The van der Waals surface area contributed by atoms with Crippen molar-refractivity contribution >= 4 is 5.57 Å². The van der Waals surface area contributed by atoms with Crippen molar-refractivity contribution in [1.29, 1.82) is 0 Å². The van der Waals surface area contributed by atoms with Crippen LogP contribution in [0, 0.1) is 0 Å². The zero-order valence-electron chi connectivity index (χ0n) is 7.49. The van der Waals surface area contributed by atoms with Crippen molar-refractivity contribution in [2.75, 3.05) is 7.05 Å². The van der Waals surface area contributed by atoms with Gasteiger partial charge in [-0.2, -0.15) is 0 Å². The molecular formula is C9H13N3. The molecule has 0 atom stereocenters.